The first-order chi connectivity index (χ1) is 14.2. The highest BCUT2D eigenvalue weighted by Crippen LogP contribution is 2.33. The van der Waals surface area contributed by atoms with Crippen molar-refractivity contribution in [3.05, 3.63) is 46.5 Å². The molecular weight excluding hydrogens is 394 g/mol. The molecular formula is C26H42ClNO2. The number of nitrogens with zero attached hydrogens (tertiary/aromatic N) is 1. The molecule has 1 saturated heterocycles. The van der Waals surface area contributed by atoms with E-state index in [1.807, 2.05) is 12.1 Å². The smallest absolute Gasteiger partial charge is 0.0803 e. The van der Waals surface area contributed by atoms with Gasteiger partial charge in [-0.05, 0) is 88.1 Å². The van der Waals surface area contributed by atoms with E-state index in [2.05, 4.69) is 57.7 Å². The molecule has 1 fully saturated rings. The molecule has 1 heterocycles. The van der Waals surface area contributed by atoms with Crippen LogP contribution in [0.25, 0.3) is 0 Å². The molecule has 0 radical (unpaired) electrons. The molecule has 0 saturated carbocycles. The van der Waals surface area contributed by atoms with Crippen molar-refractivity contribution in [2.24, 2.45) is 5.92 Å². The average molecular weight is 436 g/mol. The van der Waals surface area contributed by atoms with E-state index in [4.69, 9.17) is 16.3 Å². The van der Waals surface area contributed by atoms with Crippen molar-refractivity contribution < 1.29 is 9.84 Å². The summed E-state index contributed by atoms with van der Waals surface area (Å²) < 4.78 is 5.81. The molecule has 170 valence electrons. The third-order valence-electron chi connectivity index (χ3n) is 6.53. The summed E-state index contributed by atoms with van der Waals surface area (Å²) in [5.41, 5.74) is 2.82. The number of hydrogen-bond acceptors (Lipinski definition) is 3. The number of ether oxygens (including phenoxy) is 1. The summed E-state index contributed by atoms with van der Waals surface area (Å²) in [6, 6.07) is 8.80. The molecule has 4 heteroatoms. The maximum atomic E-state index is 9.28. The van der Waals surface area contributed by atoms with Crippen molar-refractivity contribution in [3.63, 3.8) is 0 Å². The second kappa shape index (κ2) is 12.2. The lowest BCUT2D eigenvalue weighted by Crippen LogP contribution is -2.43. The third-order valence-corrected chi connectivity index (χ3v) is 6.78. The lowest BCUT2D eigenvalue weighted by Gasteiger charge is -2.40. The van der Waals surface area contributed by atoms with Crippen molar-refractivity contribution in [2.75, 3.05) is 26.3 Å². The van der Waals surface area contributed by atoms with Gasteiger partial charge in [0, 0.05) is 17.7 Å². The van der Waals surface area contributed by atoms with Crippen LogP contribution in [0.2, 0.25) is 5.02 Å². The topological polar surface area (TPSA) is 32.7 Å². The minimum Gasteiger partial charge on any atom is -0.394 e. The van der Waals surface area contributed by atoms with E-state index < -0.39 is 0 Å². The highest BCUT2D eigenvalue weighted by atomic mass is 35.5. The molecule has 1 aliphatic rings. The summed E-state index contributed by atoms with van der Waals surface area (Å²) in [4.78, 5) is 2.67. The first-order valence-electron chi connectivity index (χ1n) is 11.6. The molecule has 0 bridgehead atoms. The van der Waals surface area contributed by atoms with E-state index in [0.29, 0.717) is 6.04 Å². The zero-order valence-electron chi connectivity index (χ0n) is 19.7. The number of rotatable bonds is 11. The minimum atomic E-state index is 0.00207. The Labute approximate surface area is 189 Å². The standard InChI is InChI=1S/C26H42ClNO2/c1-6-25(19-29)30-16-13-21-11-14-28(15-12-21)24(17-20(2)3)18-26(4,5)22-7-9-23(27)10-8-22/h7-10,17,21,24-25,29H,6,11-16,18-19H2,1-5H3. The van der Waals surface area contributed by atoms with Gasteiger partial charge in [-0.15, -0.1) is 0 Å². The van der Waals surface area contributed by atoms with Gasteiger partial charge in [-0.2, -0.15) is 0 Å². The maximum absolute atomic E-state index is 9.28. The largest absolute Gasteiger partial charge is 0.394 e. The Morgan fingerprint density at radius 3 is 2.40 bits per heavy atom. The number of likely N-dealkylation sites (tertiary alicyclic amines) is 1. The Morgan fingerprint density at radius 1 is 1.23 bits per heavy atom. The minimum absolute atomic E-state index is 0.00207. The number of allylic oxidation sites excluding steroid dienone is 1. The van der Waals surface area contributed by atoms with Crippen LogP contribution in [0.3, 0.4) is 0 Å². The molecule has 0 aromatic heterocycles. The van der Waals surface area contributed by atoms with Crippen LogP contribution in [0.4, 0.5) is 0 Å². The summed E-state index contributed by atoms with van der Waals surface area (Å²) in [5, 5.41) is 10.1. The van der Waals surface area contributed by atoms with Crippen molar-refractivity contribution in [2.45, 2.75) is 84.3 Å². The van der Waals surface area contributed by atoms with Gasteiger partial charge < -0.3 is 9.84 Å². The molecule has 2 unspecified atom stereocenters. The molecule has 1 N–H and O–H groups in total. The predicted octanol–water partition coefficient (Wildman–Crippen LogP) is 6.23. The van der Waals surface area contributed by atoms with Crippen LogP contribution in [-0.2, 0) is 10.2 Å². The van der Waals surface area contributed by atoms with Crippen LogP contribution < -0.4 is 0 Å². The van der Waals surface area contributed by atoms with Crippen LogP contribution >= 0.6 is 11.6 Å². The molecule has 0 aliphatic carbocycles. The Balaban J connectivity index is 1.93. The highest BCUT2D eigenvalue weighted by molar-refractivity contribution is 6.30. The van der Waals surface area contributed by atoms with Crippen LogP contribution in [0.1, 0.15) is 72.3 Å². The van der Waals surface area contributed by atoms with Crippen molar-refractivity contribution in [1.29, 1.82) is 0 Å². The third kappa shape index (κ3) is 8.00. The van der Waals surface area contributed by atoms with Crippen molar-refractivity contribution >= 4 is 11.6 Å². The molecule has 2 atom stereocenters. The fourth-order valence-corrected chi connectivity index (χ4v) is 4.62. The fourth-order valence-electron chi connectivity index (χ4n) is 4.49. The van der Waals surface area contributed by atoms with Crippen LogP contribution in [0, 0.1) is 5.92 Å². The Bertz CT molecular complexity index is 640. The van der Waals surface area contributed by atoms with Crippen LogP contribution in [0.5, 0.6) is 0 Å². The van der Waals surface area contributed by atoms with Crippen LogP contribution in [-0.4, -0.2) is 48.5 Å². The molecule has 3 nitrogen and oxygen atoms in total. The Hall–Kier alpha value is -0.870. The summed E-state index contributed by atoms with van der Waals surface area (Å²) in [5.74, 6) is 0.731. The number of benzene rings is 1. The molecule has 1 aromatic carbocycles. The van der Waals surface area contributed by atoms with Gasteiger partial charge in [-0.3, -0.25) is 4.90 Å². The van der Waals surface area contributed by atoms with E-state index in [1.54, 1.807) is 0 Å². The lowest BCUT2D eigenvalue weighted by atomic mass is 9.78. The van der Waals surface area contributed by atoms with Crippen LogP contribution in [0.15, 0.2) is 35.9 Å². The van der Waals surface area contributed by atoms with Gasteiger partial charge in [0.1, 0.15) is 0 Å². The van der Waals surface area contributed by atoms with Gasteiger partial charge in [-0.25, -0.2) is 0 Å². The van der Waals surface area contributed by atoms with E-state index in [0.717, 1.165) is 49.9 Å². The lowest BCUT2D eigenvalue weighted by molar-refractivity contribution is 0.000982. The molecule has 0 spiro atoms. The van der Waals surface area contributed by atoms with Crippen molar-refractivity contribution in [3.8, 4) is 0 Å². The zero-order chi connectivity index (χ0) is 22.1. The summed E-state index contributed by atoms with van der Waals surface area (Å²) in [7, 11) is 0. The van der Waals surface area contributed by atoms with Crippen molar-refractivity contribution in [1.82, 2.24) is 4.90 Å². The van der Waals surface area contributed by atoms with Gasteiger partial charge >= 0.3 is 0 Å². The van der Waals surface area contributed by atoms with E-state index in [-0.39, 0.29) is 18.1 Å². The van der Waals surface area contributed by atoms with Gasteiger partial charge in [0.25, 0.3) is 0 Å². The SMILES string of the molecule is CCC(CO)OCCC1CCN(C(C=C(C)C)CC(C)(C)c2ccc(Cl)cc2)CC1. The summed E-state index contributed by atoms with van der Waals surface area (Å²) in [6.45, 7) is 14.4. The summed E-state index contributed by atoms with van der Waals surface area (Å²) >= 11 is 6.10. The maximum Gasteiger partial charge on any atom is 0.0803 e. The molecule has 0 amide bonds. The molecule has 30 heavy (non-hydrogen) atoms. The van der Waals surface area contributed by atoms with Gasteiger partial charge in [-0.1, -0.05) is 56.2 Å². The Morgan fingerprint density at radius 2 is 1.87 bits per heavy atom. The van der Waals surface area contributed by atoms with Gasteiger partial charge in [0.05, 0.1) is 12.7 Å². The molecule has 1 aromatic rings. The number of aliphatic hydroxyl groups is 1. The first kappa shape index (κ1) is 25.4. The quantitative estimate of drug-likeness (QED) is 0.418. The van der Waals surface area contributed by atoms with E-state index >= 15 is 0 Å². The monoisotopic (exact) mass is 435 g/mol. The number of halogens is 1. The normalized spacial score (nSPS) is 18.2. The Kier molecular flexibility index (Phi) is 10.4. The van der Waals surface area contributed by atoms with E-state index in [1.165, 1.54) is 24.0 Å². The average Bonchev–Trinajstić information content (AvgIpc) is 2.71. The fraction of sp³-hybridized carbons (Fsp3) is 0.692. The molecule has 1 aliphatic heterocycles. The number of aliphatic hydroxyl groups excluding tert-OH is 1. The predicted molar refractivity (Wildman–Crippen MR) is 128 cm³/mol. The second-order valence-corrected chi connectivity index (χ2v) is 10.2. The van der Waals surface area contributed by atoms with Gasteiger partial charge in [0.2, 0.25) is 0 Å². The summed E-state index contributed by atoms with van der Waals surface area (Å²) in [6.07, 6.45) is 8.00. The zero-order valence-corrected chi connectivity index (χ0v) is 20.4. The molecule has 2 rings (SSSR count). The second-order valence-electron chi connectivity index (χ2n) is 9.76. The number of hydrogen-bond donors (Lipinski definition) is 1. The highest BCUT2D eigenvalue weighted by Gasteiger charge is 2.30. The van der Waals surface area contributed by atoms with Gasteiger partial charge in [0.15, 0.2) is 0 Å². The van der Waals surface area contributed by atoms with E-state index in [9.17, 15) is 5.11 Å². The first-order valence-corrected chi connectivity index (χ1v) is 12.0. The number of piperidine rings is 1.